The standard InChI is InChI=1S/C26H28N2O3/c1-19-8-6-9-20(2)26(19)30-17-7-16-28-24-11-5-4-10-23(24)27-25(28)18-31-22-14-12-21(29-3)13-15-22/h4-6,8-15H,7,16-18H2,1-3H3. The lowest BCUT2D eigenvalue weighted by atomic mass is 10.1. The van der Waals surface area contributed by atoms with Crippen LogP contribution in [0.5, 0.6) is 17.2 Å². The zero-order valence-electron chi connectivity index (χ0n) is 18.3. The van der Waals surface area contributed by atoms with E-state index >= 15 is 0 Å². The van der Waals surface area contributed by atoms with E-state index in [2.05, 4.69) is 42.7 Å². The summed E-state index contributed by atoms with van der Waals surface area (Å²) in [6.07, 6.45) is 0.879. The molecule has 0 unspecified atom stereocenters. The van der Waals surface area contributed by atoms with Gasteiger partial charge in [0, 0.05) is 6.54 Å². The SMILES string of the molecule is COc1ccc(OCc2nc3ccccc3n2CCCOc2c(C)cccc2C)cc1. The first-order valence-corrected chi connectivity index (χ1v) is 10.6. The van der Waals surface area contributed by atoms with Crippen LogP contribution in [-0.4, -0.2) is 23.3 Å². The molecule has 0 amide bonds. The van der Waals surface area contributed by atoms with E-state index in [0.29, 0.717) is 13.2 Å². The molecule has 0 bridgehead atoms. The minimum atomic E-state index is 0.402. The van der Waals surface area contributed by atoms with Crippen LogP contribution in [0.15, 0.2) is 66.7 Å². The van der Waals surface area contributed by atoms with Crippen molar-refractivity contribution in [3.63, 3.8) is 0 Å². The Morgan fingerprint density at radius 1 is 0.806 bits per heavy atom. The summed E-state index contributed by atoms with van der Waals surface area (Å²) >= 11 is 0. The number of nitrogens with zero attached hydrogens (tertiary/aromatic N) is 2. The third-order valence-corrected chi connectivity index (χ3v) is 5.34. The molecule has 0 saturated heterocycles. The number of para-hydroxylation sites is 3. The highest BCUT2D eigenvalue weighted by Gasteiger charge is 2.11. The zero-order valence-corrected chi connectivity index (χ0v) is 18.3. The van der Waals surface area contributed by atoms with Crippen molar-refractivity contribution in [1.29, 1.82) is 0 Å². The van der Waals surface area contributed by atoms with Gasteiger partial charge in [0.15, 0.2) is 0 Å². The van der Waals surface area contributed by atoms with E-state index in [1.54, 1.807) is 7.11 Å². The molecule has 31 heavy (non-hydrogen) atoms. The number of imidazole rings is 1. The number of hydrogen-bond donors (Lipinski definition) is 0. The van der Waals surface area contributed by atoms with Crippen molar-refractivity contribution in [1.82, 2.24) is 9.55 Å². The maximum Gasteiger partial charge on any atom is 0.147 e. The first-order chi connectivity index (χ1) is 15.2. The van der Waals surface area contributed by atoms with Crippen molar-refractivity contribution < 1.29 is 14.2 Å². The Morgan fingerprint density at radius 2 is 1.52 bits per heavy atom. The van der Waals surface area contributed by atoms with Gasteiger partial charge in [0.25, 0.3) is 0 Å². The minimum absolute atomic E-state index is 0.402. The fraction of sp³-hybridized carbons (Fsp3) is 0.269. The Labute approximate surface area is 183 Å². The van der Waals surface area contributed by atoms with Gasteiger partial charge in [-0.2, -0.15) is 0 Å². The van der Waals surface area contributed by atoms with Crippen LogP contribution in [0.25, 0.3) is 11.0 Å². The molecule has 1 heterocycles. The summed E-state index contributed by atoms with van der Waals surface area (Å²) in [6, 6.07) is 22.0. The van der Waals surface area contributed by atoms with Crippen molar-refractivity contribution in [3.05, 3.63) is 83.7 Å². The Hall–Kier alpha value is -3.47. The summed E-state index contributed by atoms with van der Waals surface area (Å²) in [5.41, 5.74) is 4.43. The summed E-state index contributed by atoms with van der Waals surface area (Å²) in [7, 11) is 1.66. The lowest BCUT2D eigenvalue weighted by Crippen LogP contribution is -2.10. The van der Waals surface area contributed by atoms with Gasteiger partial charge in [-0.15, -0.1) is 0 Å². The van der Waals surface area contributed by atoms with Gasteiger partial charge in [-0.25, -0.2) is 4.98 Å². The van der Waals surface area contributed by atoms with Crippen LogP contribution in [0.2, 0.25) is 0 Å². The van der Waals surface area contributed by atoms with Crippen LogP contribution >= 0.6 is 0 Å². The van der Waals surface area contributed by atoms with Gasteiger partial charge >= 0.3 is 0 Å². The van der Waals surface area contributed by atoms with Gasteiger partial charge in [-0.1, -0.05) is 30.3 Å². The van der Waals surface area contributed by atoms with Gasteiger partial charge in [0.2, 0.25) is 0 Å². The molecule has 0 N–H and O–H groups in total. The molecule has 4 aromatic rings. The summed E-state index contributed by atoms with van der Waals surface area (Å²) in [5, 5.41) is 0. The maximum absolute atomic E-state index is 6.09. The molecule has 4 rings (SSSR count). The summed E-state index contributed by atoms with van der Waals surface area (Å²) < 4.78 is 19.5. The summed E-state index contributed by atoms with van der Waals surface area (Å²) in [4.78, 5) is 4.80. The highest BCUT2D eigenvalue weighted by atomic mass is 16.5. The number of ether oxygens (including phenoxy) is 3. The molecule has 1 aromatic heterocycles. The molecule has 5 heteroatoms. The van der Waals surface area contributed by atoms with E-state index in [9.17, 15) is 0 Å². The predicted octanol–water partition coefficient (Wildman–Crippen LogP) is 5.71. The average Bonchev–Trinajstić information content (AvgIpc) is 3.14. The average molecular weight is 417 g/mol. The second-order valence-electron chi connectivity index (χ2n) is 7.56. The zero-order chi connectivity index (χ0) is 21.6. The number of rotatable bonds is 9. The Kier molecular flexibility index (Phi) is 6.41. The second kappa shape index (κ2) is 9.56. The first-order valence-electron chi connectivity index (χ1n) is 10.6. The van der Waals surface area contributed by atoms with Gasteiger partial charge < -0.3 is 18.8 Å². The monoisotopic (exact) mass is 416 g/mol. The molecule has 0 aliphatic carbocycles. The van der Waals surface area contributed by atoms with E-state index in [0.717, 1.165) is 47.1 Å². The third-order valence-electron chi connectivity index (χ3n) is 5.34. The van der Waals surface area contributed by atoms with Gasteiger partial charge in [0.05, 0.1) is 24.8 Å². The highest BCUT2D eigenvalue weighted by Crippen LogP contribution is 2.23. The fourth-order valence-corrected chi connectivity index (χ4v) is 3.73. The molecule has 0 fully saturated rings. The molecule has 5 nitrogen and oxygen atoms in total. The molecular formula is C26H28N2O3. The van der Waals surface area contributed by atoms with E-state index in [4.69, 9.17) is 19.2 Å². The lowest BCUT2D eigenvalue weighted by molar-refractivity contribution is 0.279. The third kappa shape index (κ3) is 4.82. The molecule has 0 saturated carbocycles. The predicted molar refractivity (Wildman–Crippen MR) is 123 cm³/mol. The number of methoxy groups -OCH3 is 1. The molecule has 0 radical (unpaired) electrons. The molecular weight excluding hydrogens is 388 g/mol. The molecule has 0 spiro atoms. The normalized spacial score (nSPS) is 10.9. The van der Waals surface area contributed by atoms with E-state index in [-0.39, 0.29) is 0 Å². The topological polar surface area (TPSA) is 45.5 Å². The fourth-order valence-electron chi connectivity index (χ4n) is 3.73. The van der Waals surface area contributed by atoms with Crippen LogP contribution in [0.1, 0.15) is 23.4 Å². The number of hydrogen-bond acceptors (Lipinski definition) is 4. The Balaban J connectivity index is 1.44. The van der Waals surface area contributed by atoms with E-state index < -0.39 is 0 Å². The van der Waals surface area contributed by atoms with Crippen molar-refractivity contribution >= 4 is 11.0 Å². The van der Waals surface area contributed by atoms with Gasteiger partial charge in [-0.3, -0.25) is 0 Å². The molecule has 160 valence electrons. The van der Waals surface area contributed by atoms with E-state index in [1.165, 1.54) is 11.1 Å². The quantitative estimate of drug-likeness (QED) is 0.328. The van der Waals surface area contributed by atoms with Crippen molar-refractivity contribution in [2.75, 3.05) is 13.7 Å². The van der Waals surface area contributed by atoms with Crippen LogP contribution in [0.4, 0.5) is 0 Å². The molecule has 3 aromatic carbocycles. The Bertz CT molecular complexity index is 1130. The largest absolute Gasteiger partial charge is 0.497 e. The van der Waals surface area contributed by atoms with Gasteiger partial charge in [-0.05, 0) is 67.8 Å². The number of aromatic nitrogens is 2. The van der Waals surface area contributed by atoms with Crippen LogP contribution in [0, 0.1) is 13.8 Å². The molecule has 0 aliphatic heterocycles. The number of fused-ring (bicyclic) bond motifs is 1. The highest BCUT2D eigenvalue weighted by molar-refractivity contribution is 5.75. The Morgan fingerprint density at radius 3 is 2.26 bits per heavy atom. The number of benzene rings is 3. The van der Waals surface area contributed by atoms with Crippen LogP contribution in [0.3, 0.4) is 0 Å². The first kappa shape index (κ1) is 20.8. The van der Waals surface area contributed by atoms with Crippen molar-refractivity contribution in [2.24, 2.45) is 0 Å². The van der Waals surface area contributed by atoms with Crippen molar-refractivity contribution in [3.8, 4) is 17.2 Å². The maximum atomic E-state index is 6.09. The van der Waals surface area contributed by atoms with Crippen LogP contribution in [-0.2, 0) is 13.2 Å². The number of aryl methyl sites for hydroxylation is 3. The summed E-state index contributed by atoms with van der Waals surface area (Å²) in [5.74, 6) is 3.49. The van der Waals surface area contributed by atoms with Crippen LogP contribution < -0.4 is 14.2 Å². The summed E-state index contributed by atoms with van der Waals surface area (Å²) in [6.45, 7) is 6.03. The molecule has 0 atom stereocenters. The minimum Gasteiger partial charge on any atom is -0.497 e. The molecule has 0 aliphatic rings. The van der Waals surface area contributed by atoms with E-state index in [1.807, 2.05) is 42.5 Å². The van der Waals surface area contributed by atoms with Gasteiger partial charge in [0.1, 0.15) is 29.7 Å². The smallest absolute Gasteiger partial charge is 0.147 e. The van der Waals surface area contributed by atoms with Crippen molar-refractivity contribution in [2.45, 2.75) is 33.4 Å². The lowest BCUT2D eigenvalue weighted by Gasteiger charge is -2.14. The second-order valence-corrected chi connectivity index (χ2v) is 7.56.